The van der Waals surface area contributed by atoms with E-state index in [1.54, 1.807) is 30.5 Å². The number of nitriles is 1. The predicted molar refractivity (Wildman–Crippen MR) is 87.7 cm³/mol. The van der Waals surface area contributed by atoms with Crippen molar-refractivity contribution < 1.29 is 8.42 Å². The topological polar surface area (TPSA) is 87.8 Å². The third-order valence-corrected chi connectivity index (χ3v) is 4.52. The van der Waals surface area contributed by atoms with Crippen LogP contribution in [-0.4, -0.2) is 18.0 Å². The van der Waals surface area contributed by atoms with Gasteiger partial charge in [0.2, 0.25) is 10.0 Å². The molecule has 2 rings (SSSR count). The van der Waals surface area contributed by atoms with Crippen LogP contribution in [0.25, 0.3) is 0 Å². The first-order chi connectivity index (χ1) is 10.9. The third kappa shape index (κ3) is 5.20. The van der Waals surface area contributed by atoms with Crippen molar-refractivity contribution in [1.29, 1.82) is 5.26 Å². The largest absolute Gasteiger partial charge is 0.334 e. The fraction of sp³-hybridized carbons (Fsp3) is 0.375. The number of aromatic nitrogens is 2. The van der Waals surface area contributed by atoms with Gasteiger partial charge in [-0.3, -0.25) is 0 Å². The molecule has 122 valence electrons. The van der Waals surface area contributed by atoms with Crippen molar-refractivity contribution in [2.45, 2.75) is 32.7 Å². The molecule has 1 N–H and O–H groups in total. The van der Waals surface area contributed by atoms with E-state index in [1.165, 1.54) is 0 Å². The molecule has 1 heterocycles. The minimum atomic E-state index is -3.49. The predicted octanol–water partition coefficient (Wildman–Crippen LogP) is 2.03. The first-order valence-electron chi connectivity index (χ1n) is 7.36. The molecule has 0 atom stereocenters. The fourth-order valence-corrected chi connectivity index (χ4v) is 3.31. The maximum Gasteiger partial charge on any atom is 0.216 e. The Morgan fingerprint density at radius 3 is 2.87 bits per heavy atom. The molecule has 2 aromatic rings. The van der Waals surface area contributed by atoms with Gasteiger partial charge in [-0.25, -0.2) is 18.1 Å². The Hall–Kier alpha value is -2.17. The first kappa shape index (κ1) is 17.2. The van der Waals surface area contributed by atoms with Crippen molar-refractivity contribution in [2.75, 3.05) is 0 Å². The molecule has 0 radical (unpaired) electrons. The Balaban J connectivity index is 2.02. The van der Waals surface area contributed by atoms with Crippen molar-refractivity contribution in [3.8, 4) is 6.07 Å². The van der Waals surface area contributed by atoms with Gasteiger partial charge in [-0.15, -0.1) is 0 Å². The fourth-order valence-electron chi connectivity index (χ4n) is 2.24. The zero-order chi connectivity index (χ0) is 16.9. The lowest BCUT2D eigenvalue weighted by Gasteiger charge is -2.11. The van der Waals surface area contributed by atoms with E-state index in [1.807, 2.05) is 16.8 Å². The minimum absolute atomic E-state index is 0.153. The van der Waals surface area contributed by atoms with E-state index in [0.717, 1.165) is 6.54 Å². The molecule has 0 bridgehead atoms. The van der Waals surface area contributed by atoms with Gasteiger partial charge in [0, 0.05) is 18.9 Å². The van der Waals surface area contributed by atoms with Gasteiger partial charge in [0.05, 0.1) is 23.9 Å². The molecule has 23 heavy (non-hydrogen) atoms. The number of benzene rings is 1. The van der Waals surface area contributed by atoms with Crippen LogP contribution in [-0.2, 0) is 28.9 Å². The normalized spacial score (nSPS) is 11.6. The van der Waals surface area contributed by atoms with Gasteiger partial charge in [-0.05, 0) is 23.6 Å². The maximum atomic E-state index is 12.2. The highest BCUT2D eigenvalue weighted by Crippen LogP contribution is 2.09. The quantitative estimate of drug-likeness (QED) is 0.840. The van der Waals surface area contributed by atoms with Crippen molar-refractivity contribution in [2.24, 2.45) is 5.92 Å². The van der Waals surface area contributed by atoms with E-state index in [4.69, 9.17) is 5.26 Å². The molecule has 0 saturated heterocycles. The summed E-state index contributed by atoms with van der Waals surface area (Å²) in [6, 6.07) is 8.61. The average molecular weight is 332 g/mol. The second-order valence-electron chi connectivity index (χ2n) is 5.78. The molecule has 0 fully saturated rings. The highest BCUT2D eigenvalue weighted by molar-refractivity contribution is 7.88. The molecule has 7 heteroatoms. The van der Waals surface area contributed by atoms with Crippen LogP contribution in [0.15, 0.2) is 36.7 Å². The number of rotatable bonds is 7. The molecule has 1 aromatic heterocycles. The van der Waals surface area contributed by atoms with Gasteiger partial charge < -0.3 is 4.57 Å². The Bertz CT molecular complexity index is 803. The van der Waals surface area contributed by atoms with Crippen LogP contribution in [0.2, 0.25) is 0 Å². The Labute approximate surface area is 136 Å². The summed E-state index contributed by atoms with van der Waals surface area (Å²) < 4.78 is 28.9. The number of sulfonamides is 1. The molecule has 0 spiro atoms. The van der Waals surface area contributed by atoms with Crippen LogP contribution in [0.5, 0.6) is 0 Å². The molecular formula is C16H20N4O2S. The van der Waals surface area contributed by atoms with Crippen LogP contribution in [0.4, 0.5) is 0 Å². The summed E-state index contributed by atoms with van der Waals surface area (Å²) in [5.41, 5.74) is 1.03. The molecule has 0 aliphatic carbocycles. The summed E-state index contributed by atoms with van der Waals surface area (Å²) in [5.74, 6) is 0.981. The lowest BCUT2D eigenvalue weighted by molar-refractivity contribution is 0.502. The summed E-state index contributed by atoms with van der Waals surface area (Å²) >= 11 is 0. The summed E-state index contributed by atoms with van der Waals surface area (Å²) in [4.78, 5) is 4.20. The molecule has 1 aromatic carbocycles. The van der Waals surface area contributed by atoms with Gasteiger partial charge in [0.25, 0.3) is 0 Å². The van der Waals surface area contributed by atoms with Gasteiger partial charge in [-0.1, -0.05) is 26.0 Å². The van der Waals surface area contributed by atoms with Crippen LogP contribution in [0, 0.1) is 17.2 Å². The van der Waals surface area contributed by atoms with Crippen LogP contribution >= 0.6 is 0 Å². The van der Waals surface area contributed by atoms with E-state index in [2.05, 4.69) is 23.6 Å². The smallest absolute Gasteiger partial charge is 0.216 e. The third-order valence-electron chi connectivity index (χ3n) is 3.23. The zero-order valence-corrected chi connectivity index (χ0v) is 14.0. The Morgan fingerprint density at radius 2 is 2.17 bits per heavy atom. The minimum Gasteiger partial charge on any atom is -0.334 e. The van der Waals surface area contributed by atoms with Crippen LogP contribution in [0.1, 0.15) is 30.8 Å². The summed E-state index contributed by atoms with van der Waals surface area (Å²) in [7, 11) is -3.49. The number of nitrogens with zero attached hydrogens (tertiary/aromatic N) is 3. The van der Waals surface area contributed by atoms with Gasteiger partial charge in [-0.2, -0.15) is 5.26 Å². The van der Waals surface area contributed by atoms with Crippen LogP contribution in [0.3, 0.4) is 0 Å². The summed E-state index contributed by atoms with van der Waals surface area (Å²) in [6.45, 7) is 5.13. The maximum absolute atomic E-state index is 12.2. The average Bonchev–Trinajstić information content (AvgIpc) is 2.91. The second kappa shape index (κ2) is 7.40. The lowest BCUT2D eigenvalue weighted by Crippen LogP contribution is -2.26. The van der Waals surface area contributed by atoms with Crippen molar-refractivity contribution >= 4 is 10.0 Å². The molecule has 6 nitrogen and oxygen atoms in total. The molecule has 0 unspecified atom stereocenters. The van der Waals surface area contributed by atoms with Gasteiger partial charge in [0.15, 0.2) is 0 Å². The molecule has 0 aliphatic heterocycles. The summed E-state index contributed by atoms with van der Waals surface area (Å²) in [5, 5.41) is 8.87. The zero-order valence-electron chi connectivity index (χ0n) is 13.2. The van der Waals surface area contributed by atoms with E-state index in [0.29, 0.717) is 22.9 Å². The number of hydrogen-bond acceptors (Lipinski definition) is 4. The SMILES string of the molecule is CC(C)Cn1ccnc1CNS(=O)(=O)Cc1cccc(C#N)c1. The Morgan fingerprint density at radius 1 is 1.39 bits per heavy atom. The molecule has 0 amide bonds. The second-order valence-corrected chi connectivity index (χ2v) is 7.59. The Kier molecular flexibility index (Phi) is 5.53. The first-order valence-corrected chi connectivity index (χ1v) is 9.01. The number of nitrogens with one attached hydrogen (secondary N) is 1. The number of imidazole rings is 1. The van der Waals surface area contributed by atoms with Crippen molar-refractivity contribution in [3.63, 3.8) is 0 Å². The van der Waals surface area contributed by atoms with E-state index < -0.39 is 10.0 Å². The lowest BCUT2D eigenvalue weighted by atomic mass is 10.2. The van der Waals surface area contributed by atoms with Gasteiger partial charge in [0.1, 0.15) is 5.82 Å². The molecular weight excluding hydrogens is 312 g/mol. The van der Waals surface area contributed by atoms with Crippen molar-refractivity contribution in [1.82, 2.24) is 14.3 Å². The van der Waals surface area contributed by atoms with E-state index in [9.17, 15) is 8.42 Å². The van der Waals surface area contributed by atoms with Gasteiger partial charge >= 0.3 is 0 Å². The monoisotopic (exact) mass is 332 g/mol. The van der Waals surface area contributed by atoms with E-state index >= 15 is 0 Å². The van der Waals surface area contributed by atoms with E-state index in [-0.39, 0.29) is 12.3 Å². The molecule has 0 aliphatic rings. The number of hydrogen-bond donors (Lipinski definition) is 1. The van der Waals surface area contributed by atoms with Crippen molar-refractivity contribution in [3.05, 3.63) is 53.6 Å². The summed E-state index contributed by atoms with van der Waals surface area (Å²) in [6.07, 6.45) is 3.52. The standard InChI is InChI=1S/C16H20N4O2S/c1-13(2)11-20-7-6-18-16(20)10-19-23(21,22)12-15-5-3-4-14(8-15)9-17/h3-8,13,19H,10-12H2,1-2H3. The highest BCUT2D eigenvalue weighted by Gasteiger charge is 2.14. The van der Waals surface area contributed by atoms with Crippen LogP contribution < -0.4 is 4.72 Å². The highest BCUT2D eigenvalue weighted by atomic mass is 32.2. The molecule has 0 saturated carbocycles.